The highest BCUT2D eigenvalue weighted by Gasteiger charge is 2.51. The molecule has 7 heterocycles. The third-order valence-corrected chi connectivity index (χ3v) is 149. The number of fused-ring (bicyclic) bond motifs is 4. The zero-order valence-electron chi connectivity index (χ0n) is 57.3. The normalized spacial score (nSPS) is 15.9. The van der Waals surface area contributed by atoms with Crippen LogP contribution in [0.3, 0.4) is 0 Å². The van der Waals surface area contributed by atoms with Crippen molar-refractivity contribution in [3.05, 3.63) is 53.7 Å². The molecule has 6 aliphatic heterocycles. The van der Waals surface area contributed by atoms with Crippen molar-refractivity contribution in [1.29, 1.82) is 0 Å². The number of aliphatic carboxylic acids is 1. The Bertz CT molecular complexity index is 6860. The van der Waals surface area contributed by atoms with Gasteiger partial charge in [-0.25, -0.2) is 4.98 Å². The molecule has 6 aliphatic rings. The number of carbonyl (C=O) groups excluding carboxylic acids is 1. The summed E-state index contributed by atoms with van der Waals surface area (Å²) in [6.07, 6.45) is 11.9. The van der Waals surface area contributed by atoms with E-state index < -0.39 is 19.5 Å². The molecule has 1 amide bonds. The van der Waals surface area contributed by atoms with Gasteiger partial charge in [-0.3, -0.25) is 9.59 Å². The number of carboxylic acid groups (broad SMARTS) is 1. The maximum atomic E-state index is 12.9. The number of halogens is 1. The first kappa shape index (κ1) is 119. The number of anilines is 2. The molecule has 2 N–H and O–H groups in total. The topological polar surface area (TPSA) is 107 Å². The zero-order chi connectivity index (χ0) is 82.2. The number of piperazine rings is 2. The summed E-state index contributed by atoms with van der Waals surface area (Å²) < 4.78 is 9.99. The van der Waals surface area contributed by atoms with Crippen molar-refractivity contribution in [3.63, 3.8) is 0 Å². The number of ether oxygens (including phenoxy) is 2. The standard InChI is InChI=1S/C18H21N3O2.C17H24N2Si.C5H8O3.ClH.S64/c1-3-13-4-7-16(19-8-13)20-9-14-5-6-15(10-20)21(14)17(22)18(2)11-23-12-18;1-20(2,3)11-10-14-4-8-17(9-5-14)19-12-15-6-7-16(13-19)18-15;1-5(4(6)7)2-8-3-5;;1-3-5-7-9-11-13-15-17-19-21-23-25-27-29-31-33-35-37-39-41-43-45-47-49-51-53-55-57-59-61-63-64-62-60-58-56-54-52-50-48-46-44-42-40-38-36-34-32-30-28-26-24-22-20-18-16-14-12-10-8-6-4-2/h1,4,7-8,14-15H,5-6,9-12H2,2H3;4-5,8-9,15-16,18H,6-7,12-13H2,1-3H3;2-3H2,1H3,(H,6,7);1H;. The second kappa shape index (κ2) is 80.4. The molecule has 6 fully saturated rings. The predicted octanol–water partition coefficient (Wildman–Crippen LogP) is 4.51. The molecule has 0 aliphatic carbocycles. The van der Waals surface area contributed by atoms with Crippen LogP contribution in [-0.2, 0) is 592 Å². The summed E-state index contributed by atoms with van der Waals surface area (Å²) >= 11 is 9.64. The Morgan fingerprint density at radius 3 is 0.914 bits per heavy atom. The van der Waals surface area contributed by atoms with Crippen molar-refractivity contribution >= 4 is 617 Å². The molecule has 2 aromatic rings. The minimum atomic E-state index is -1.28. The van der Waals surface area contributed by atoms with Crippen molar-refractivity contribution in [2.24, 2.45) is 10.8 Å². The largest absolute Gasteiger partial charge is 0.481 e. The molecule has 0 radical (unpaired) electrons. The molecule has 4 bridgehead atoms. The Morgan fingerprint density at radius 2 is 0.698 bits per heavy atom. The molecular formula is C40H54ClN5O5S64Si. The Hall–Kier alpha value is 10.5. The monoisotopic (exact) mass is 2790 g/mol. The third-order valence-electron chi connectivity index (χ3n) is 12.4. The van der Waals surface area contributed by atoms with Gasteiger partial charge in [0.05, 0.1) is 31.8 Å². The Morgan fingerprint density at radius 1 is 0.422 bits per heavy atom. The van der Waals surface area contributed by atoms with Gasteiger partial charge in [-0.05, 0) is 75.9 Å². The van der Waals surface area contributed by atoms with Crippen molar-refractivity contribution in [2.45, 2.75) is 83.3 Å². The quantitative estimate of drug-likeness (QED) is 0.334. The van der Waals surface area contributed by atoms with Crippen LogP contribution < -0.4 is 15.1 Å². The number of pyridine rings is 1. The van der Waals surface area contributed by atoms with Crippen LogP contribution in [0.1, 0.15) is 50.7 Å². The van der Waals surface area contributed by atoms with Gasteiger partial charge in [0, 0.05) is 646 Å². The van der Waals surface area contributed by atoms with Gasteiger partial charge in [0.25, 0.3) is 0 Å². The van der Waals surface area contributed by atoms with E-state index in [4.69, 9.17) is 43.4 Å². The minimum absolute atomic E-state index is 0. The molecule has 4 atom stereocenters. The lowest BCUT2D eigenvalue weighted by atomic mass is 9.86. The number of amides is 1. The van der Waals surface area contributed by atoms with Crippen LogP contribution in [0.15, 0.2) is 42.6 Å². The van der Waals surface area contributed by atoms with Gasteiger partial charge < -0.3 is 34.6 Å². The van der Waals surface area contributed by atoms with Gasteiger partial charge in [-0.2, -0.15) is 0 Å². The van der Waals surface area contributed by atoms with E-state index in [0.717, 1.165) is 56.0 Å². The summed E-state index contributed by atoms with van der Waals surface area (Å²) in [6, 6.07) is 14.7. The van der Waals surface area contributed by atoms with E-state index in [1.165, 1.54) is 36.3 Å². The van der Waals surface area contributed by atoms with Gasteiger partial charge in [0.2, 0.25) is 5.91 Å². The van der Waals surface area contributed by atoms with Crippen LogP contribution in [0.25, 0.3) is 0 Å². The second-order valence-corrected chi connectivity index (χ2v) is 135. The molecular weight excluding hydrogens is 2750 g/mol. The van der Waals surface area contributed by atoms with E-state index in [1.807, 2.05) is 445 Å². The van der Waals surface area contributed by atoms with Crippen molar-refractivity contribution in [2.75, 3.05) is 62.4 Å². The van der Waals surface area contributed by atoms with Gasteiger partial charge in [0.1, 0.15) is 19.3 Å². The van der Waals surface area contributed by atoms with Crippen molar-refractivity contribution in [1.82, 2.24) is 15.2 Å². The average molecular weight is 2800 g/mol. The Labute approximate surface area is 870 Å². The summed E-state index contributed by atoms with van der Waals surface area (Å²) in [5.41, 5.74) is 5.82. The van der Waals surface area contributed by atoms with E-state index in [1.54, 1.807) is 120 Å². The number of nitrogens with one attached hydrogen (secondary N) is 1. The van der Waals surface area contributed by atoms with E-state index in [-0.39, 0.29) is 35.8 Å². The number of carbonyl (C=O) groups is 2. The highest BCUT2D eigenvalue weighted by atomic mass is 35.5. The molecule has 116 heavy (non-hydrogen) atoms. The molecule has 76 heteroatoms. The van der Waals surface area contributed by atoms with Crippen LogP contribution in [-0.4, -0.2) is 112 Å². The molecule has 0 spiro atoms. The number of aromatic nitrogens is 1. The number of benzene rings is 1. The van der Waals surface area contributed by atoms with E-state index >= 15 is 0 Å². The van der Waals surface area contributed by atoms with Crippen molar-refractivity contribution < 1.29 is 24.2 Å². The second-order valence-electron chi connectivity index (χ2n) is 20.8. The fraction of sp³-hybridized carbons (Fsp3) is 0.575. The fourth-order valence-electron chi connectivity index (χ4n) is 8.16. The minimum Gasteiger partial charge on any atom is -0.481 e. The fourth-order valence-corrected chi connectivity index (χ4v) is 173. The van der Waals surface area contributed by atoms with Gasteiger partial charge in [0.15, 0.2) is 0 Å². The van der Waals surface area contributed by atoms with Gasteiger partial charge in [-0.15, -0.1) is 24.4 Å². The number of nitrogens with zero attached hydrogens (tertiary/aromatic N) is 4. The van der Waals surface area contributed by atoms with E-state index in [0.29, 0.717) is 38.5 Å². The smallest absolute Gasteiger partial charge is 0.314 e. The van der Waals surface area contributed by atoms with Crippen molar-refractivity contribution in [3.8, 4) is 23.8 Å². The molecule has 664 valence electrons. The maximum absolute atomic E-state index is 12.9. The summed E-state index contributed by atoms with van der Waals surface area (Å²) in [5, 5.41) is 12.1. The molecule has 4 unspecified atom stereocenters. The highest BCUT2D eigenvalue weighted by molar-refractivity contribution is 8.84. The predicted molar refractivity (Wildman–Crippen MR) is 681 cm³/mol. The lowest BCUT2D eigenvalue weighted by molar-refractivity contribution is -0.175. The van der Waals surface area contributed by atoms with Crippen LogP contribution >= 0.6 is 12.4 Å². The summed E-state index contributed by atoms with van der Waals surface area (Å²) in [6.45, 7) is 16.4. The zero-order valence-corrected chi connectivity index (χ0v) is 111. The van der Waals surface area contributed by atoms with Crippen LogP contribution in [0.2, 0.25) is 19.6 Å². The first-order valence-electron chi connectivity index (χ1n) is 28.8. The Kier molecular flexibility index (Phi) is 82.4. The van der Waals surface area contributed by atoms with Crippen LogP contribution in [0.4, 0.5) is 11.5 Å². The molecule has 6 saturated heterocycles. The Balaban J connectivity index is 0.000000427. The number of carboxylic acids is 1. The highest BCUT2D eigenvalue weighted by Crippen LogP contribution is 2.38. The van der Waals surface area contributed by atoms with Crippen LogP contribution in [0, 0.1) is 34.6 Å². The maximum Gasteiger partial charge on any atom is 0.314 e. The molecule has 0 saturated carbocycles. The molecule has 1 aromatic heterocycles. The lowest BCUT2D eigenvalue weighted by Crippen LogP contribution is -2.62. The van der Waals surface area contributed by atoms with E-state index in [9.17, 15) is 9.59 Å². The number of terminal acetylenes is 1. The first-order valence-corrected chi connectivity index (χ1v) is 116. The molecule has 1 aromatic carbocycles. The summed E-state index contributed by atoms with van der Waals surface area (Å²) in [5.74, 6) is 6.38. The summed E-state index contributed by atoms with van der Waals surface area (Å²) in [4.78, 5) is 34.5. The average Bonchev–Trinajstić information content (AvgIpc) is 1.54. The van der Waals surface area contributed by atoms with Crippen LogP contribution in [0.5, 0.6) is 0 Å². The molecule has 8 rings (SSSR count). The number of hydrogen-bond acceptors (Lipinski definition) is 10. The van der Waals surface area contributed by atoms with Gasteiger partial charge in [-0.1, -0.05) is 31.5 Å². The third kappa shape index (κ3) is 60.3. The SMILES string of the molecule is C#Cc1ccc(N2CC3CCC(C2)N3C(=O)C2(C)COC2)nc1.CC1(C(=O)O)COC1.C[Si](C)(C)C#Cc1ccc(N2CC3CCC(C2)N3)cc1.Cl.S=S=S=S=S=S=S=S=S=S=S=S=S=S=S=S=S=S=S=S=S=S=S=S=S=S=S=S=S=S=S=S=S=S=S=S=S=S=S=S=S=S=S=S=S=S=S=S=S=S=S=S=S=S=S=S=S=S=S=S=S=S=S=S. The molecule has 10 nitrogen and oxygen atoms in total. The van der Waals surface area contributed by atoms with Gasteiger partial charge >= 0.3 is 5.97 Å². The lowest BCUT2D eigenvalue weighted by Gasteiger charge is -2.47. The number of rotatable bonds is 4. The summed E-state index contributed by atoms with van der Waals surface area (Å²) in [7, 11) is 110. The van der Waals surface area contributed by atoms with E-state index in [2.05, 4.69) is 86.3 Å². The number of hydrogen-bond donors (Lipinski definition) is 2. The first-order chi connectivity index (χ1) is 56.2.